The summed E-state index contributed by atoms with van der Waals surface area (Å²) in [5.41, 5.74) is 2.53. The quantitative estimate of drug-likeness (QED) is 0.231. The van der Waals surface area contributed by atoms with E-state index in [0.717, 1.165) is 38.6 Å². The molecule has 0 unspecified atom stereocenters. The number of hydrogen-bond acceptors (Lipinski definition) is 2. The van der Waals surface area contributed by atoms with E-state index in [1.807, 2.05) is 25.7 Å². The first-order valence-corrected chi connectivity index (χ1v) is 14.9. The summed E-state index contributed by atoms with van der Waals surface area (Å²) in [5.74, 6) is 0.625. The molecule has 35 heavy (non-hydrogen) atoms. The molecule has 0 radical (unpaired) electrons. The van der Waals surface area contributed by atoms with Crippen molar-refractivity contribution in [1.82, 2.24) is 4.90 Å². The summed E-state index contributed by atoms with van der Waals surface area (Å²) in [6, 6.07) is 9.78. The molecule has 1 fully saturated rings. The minimum atomic E-state index is -0.435. The van der Waals surface area contributed by atoms with Crippen LogP contribution in [-0.2, 0) is 11.2 Å². The topological polar surface area (TPSA) is 29.5 Å². The largest absolute Gasteiger partial charge is 0.444 e. The van der Waals surface area contributed by atoms with Crippen LogP contribution in [0, 0.1) is 0 Å². The maximum absolute atomic E-state index is 12.7. The molecule has 2 rings (SSSR count). The third kappa shape index (κ3) is 11.8. The van der Waals surface area contributed by atoms with E-state index in [1.165, 1.54) is 81.8 Å². The average Bonchev–Trinajstić information content (AvgIpc) is 2.83. The Morgan fingerprint density at radius 3 is 1.86 bits per heavy atom. The van der Waals surface area contributed by atoms with E-state index in [1.54, 1.807) is 0 Å². The van der Waals surface area contributed by atoms with Gasteiger partial charge in [0.1, 0.15) is 5.60 Å². The summed E-state index contributed by atoms with van der Waals surface area (Å²) >= 11 is 0. The van der Waals surface area contributed by atoms with Gasteiger partial charge in [-0.15, -0.1) is 0 Å². The van der Waals surface area contributed by atoms with Gasteiger partial charge in [0.2, 0.25) is 0 Å². The summed E-state index contributed by atoms with van der Waals surface area (Å²) < 4.78 is 5.69. The molecule has 0 N–H and O–H groups in total. The van der Waals surface area contributed by atoms with Gasteiger partial charge < -0.3 is 9.64 Å². The highest BCUT2D eigenvalue weighted by molar-refractivity contribution is 5.68. The van der Waals surface area contributed by atoms with Gasteiger partial charge in [0.05, 0.1) is 0 Å². The molecular formula is C32H55NO2. The van der Waals surface area contributed by atoms with E-state index in [-0.39, 0.29) is 6.09 Å². The van der Waals surface area contributed by atoms with Crippen LogP contribution in [0.25, 0.3) is 0 Å². The Morgan fingerprint density at radius 2 is 1.34 bits per heavy atom. The monoisotopic (exact) mass is 485 g/mol. The fraction of sp³-hybridized carbons (Fsp3) is 0.781. The summed E-state index contributed by atoms with van der Waals surface area (Å²) in [4.78, 5) is 14.7. The van der Waals surface area contributed by atoms with Crippen LogP contribution in [0.3, 0.4) is 0 Å². The molecule has 1 aliphatic carbocycles. The first-order valence-electron chi connectivity index (χ1n) is 14.9. The molecule has 1 aromatic rings. The van der Waals surface area contributed by atoms with Crippen molar-refractivity contribution in [2.24, 2.45) is 0 Å². The predicted octanol–water partition coefficient (Wildman–Crippen LogP) is 9.82. The average molecular weight is 486 g/mol. The fourth-order valence-corrected chi connectivity index (χ4v) is 5.48. The van der Waals surface area contributed by atoms with E-state index in [0.29, 0.717) is 12.0 Å². The smallest absolute Gasteiger partial charge is 0.410 e. The van der Waals surface area contributed by atoms with Crippen LogP contribution in [-0.4, -0.2) is 29.2 Å². The molecule has 0 aliphatic heterocycles. The van der Waals surface area contributed by atoms with Gasteiger partial charge in [-0.1, -0.05) is 95.9 Å². The van der Waals surface area contributed by atoms with Crippen molar-refractivity contribution >= 4 is 6.09 Å². The van der Waals surface area contributed by atoms with Gasteiger partial charge in [-0.25, -0.2) is 4.79 Å². The van der Waals surface area contributed by atoms with Gasteiger partial charge in [-0.05, 0) is 82.8 Å². The van der Waals surface area contributed by atoms with Gasteiger partial charge >= 0.3 is 6.09 Å². The Bertz CT molecular complexity index is 683. The van der Waals surface area contributed by atoms with Crippen LogP contribution in [0.15, 0.2) is 24.3 Å². The van der Waals surface area contributed by atoms with Crippen molar-refractivity contribution in [2.75, 3.05) is 6.54 Å². The highest BCUT2D eigenvalue weighted by Gasteiger charge is 2.31. The predicted molar refractivity (Wildman–Crippen MR) is 150 cm³/mol. The number of amides is 1. The highest BCUT2D eigenvalue weighted by Crippen LogP contribution is 2.35. The van der Waals surface area contributed by atoms with Crippen molar-refractivity contribution in [3.05, 3.63) is 35.4 Å². The molecule has 0 spiro atoms. The third-order valence-corrected chi connectivity index (χ3v) is 7.50. The molecule has 3 nitrogen and oxygen atoms in total. The van der Waals surface area contributed by atoms with Gasteiger partial charge in [0.15, 0.2) is 0 Å². The lowest BCUT2D eigenvalue weighted by atomic mass is 9.81. The summed E-state index contributed by atoms with van der Waals surface area (Å²) in [6.07, 6.45) is 20.5. The molecule has 1 amide bonds. The maximum atomic E-state index is 12.7. The molecule has 1 saturated carbocycles. The number of unbranched alkanes of at least 4 members (excludes halogenated alkanes) is 9. The van der Waals surface area contributed by atoms with Crippen LogP contribution >= 0.6 is 0 Å². The number of nitrogens with zero attached hydrogens (tertiary/aromatic N) is 1. The Hall–Kier alpha value is -1.51. The first kappa shape index (κ1) is 29.7. The zero-order chi connectivity index (χ0) is 25.5. The minimum absolute atomic E-state index is 0.140. The number of hydrogen-bond donors (Lipinski definition) is 0. The zero-order valence-electron chi connectivity index (χ0n) is 23.7. The lowest BCUT2D eigenvalue weighted by molar-refractivity contribution is 0.0115. The fourth-order valence-electron chi connectivity index (χ4n) is 5.48. The molecule has 3 heteroatoms. The van der Waals surface area contributed by atoms with Crippen molar-refractivity contribution in [3.63, 3.8) is 0 Å². The van der Waals surface area contributed by atoms with Crippen molar-refractivity contribution in [3.8, 4) is 0 Å². The third-order valence-electron chi connectivity index (χ3n) is 7.50. The molecule has 1 aromatic carbocycles. The second kappa shape index (κ2) is 16.3. The van der Waals surface area contributed by atoms with E-state index in [9.17, 15) is 4.79 Å². The van der Waals surface area contributed by atoms with E-state index in [2.05, 4.69) is 38.1 Å². The minimum Gasteiger partial charge on any atom is -0.444 e. The van der Waals surface area contributed by atoms with Crippen LogP contribution in [0.5, 0.6) is 0 Å². The van der Waals surface area contributed by atoms with Crippen LogP contribution in [0.2, 0.25) is 0 Å². The van der Waals surface area contributed by atoms with Gasteiger partial charge in [-0.3, -0.25) is 0 Å². The lowest BCUT2D eigenvalue weighted by Gasteiger charge is -2.37. The number of ether oxygens (including phenoxy) is 1. The van der Waals surface area contributed by atoms with Crippen molar-refractivity contribution in [1.29, 1.82) is 0 Å². The number of aryl methyl sites for hydroxylation is 1. The van der Waals surface area contributed by atoms with Crippen LogP contribution < -0.4 is 0 Å². The summed E-state index contributed by atoms with van der Waals surface area (Å²) in [7, 11) is 0. The van der Waals surface area contributed by atoms with Crippen molar-refractivity contribution < 1.29 is 9.53 Å². The number of rotatable bonds is 15. The zero-order valence-corrected chi connectivity index (χ0v) is 23.7. The highest BCUT2D eigenvalue weighted by atomic mass is 16.6. The van der Waals surface area contributed by atoms with E-state index >= 15 is 0 Å². The second-order valence-electron chi connectivity index (χ2n) is 11.9. The van der Waals surface area contributed by atoms with E-state index < -0.39 is 5.60 Å². The molecule has 0 heterocycles. The van der Waals surface area contributed by atoms with Gasteiger partial charge in [0.25, 0.3) is 0 Å². The Morgan fingerprint density at radius 1 is 0.800 bits per heavy atom. The van der Waals surface area contributed by atoms with Gasteiger partial charge in [0, 0.05) is 12.6 Å². The summed E-state index contributed by atoms with van der Waals surface area (Å²) in [6.45, 7) is 11.1. The summed E-state index contributed by atoms with van der Waals surface area (Å²) in [5, 5.41) is 0. The Labute approximate surface area is 217 Å². The molecular weight excluding hydrogens is 430 g/mol. The van der Waals surface area contributed by atoms with Crippen molar-refractivity contribution in [2.45, 2.75) is 155 Å². The molecule has 0 saturated heterocycles. The number of carbonyl (C=O) groups is 1. The molecule has 0 atom stereocenters. The lowest BCUT2D eigenvalue weighted by Crippen LogP contribution is -2.45. The molecule has 1 aliphatic rings. The van der Waals surface area contributed by atoms with Crippen LogP contribution in [0.4, 0.5) is 4.79 Å². The Kier molecular flexibility index (Phi) is 13.8. The SMILES string of the molecule is CCCCCCCCCCCCc1ccc(C2CCC(N(CCC)C(=O)OC(C)(C)C)CC2)cc1. The normalized spacial score (nSPS) is 18.4. The molecule has 0 aromatic heterocycles. The molecule has 0 bridgehead atoms. The van der Waals surface area contributed by atoms with Crippen LogP contribution in [0.1, 0.15) is 148 Å². The molecule has 200 valence electrons. The van der Waals surface area contributed by atoms with E-state index in [4.69, 9.17) is 4.74 Å². The first-order chi connectivity index (χ1) is 16.8. The van der Waals surface area contributed by atoms with Gasteiger partial charge in [-0.2, -0.15) is 0 Å². The Balaban J connectivity index is 1.68. The standard InChI is InChI=1S/C32H55NO2/c1-6-8-9-10-11-12-13-14-15-16-17-27-18-20-28(21-19-27)29-22-24-30(25-23-29)33(26-7-2)31(34)35-32(3,4)5/h18-21,29-30H,6-17,22-26H2,1-5H3. The second-order valence-corrected chi connectivity index (χ2v) is 11.9. The maximum Gasteiger partial charge on any atom is 0.410 e. The number of benzene rings is 1. The number of carbonyl (C=O) groups excluding carboxylic acids is 1.